The van der Waals surface area contributed by atoms with Crippen LogP contribution in [0.2, 0.25) is 0 Å². The van der Waals surface area contributed by atoms with Gasteiger partial charge in [0, 0.05) is 0 Å². The van der Waals surface area contributed by atoms with E-state index in [0.717, 1.165) is 0 Å². The quantitative estimate of drug-likeness (QED) is 0.336. The van der Waals surface area contributed by atoms with E-state index < -0.39 is 0 Å². The van der Waals surface area contributed by atoms with Gasteiger partial charge in [-0.05, 0) is 80.6 Å². The Kier molecular flexibility index (Phi) is 3.70. The highest BCUT2D eigenvalue weighted by Crippen LogP contribution is 2.58. The molecule has 0 fully saturated rings. The summed E-state index contributed by atoms with van der Waals surface area (Å²) in [6.07, 6.45) is 0. The lowest BCUT2D eigenvalue weighted by Gasteiger charge is -2.14. The summed E-state index contributed by atoms with van der Waals surface area (Å²) in [5, 5.41) is 0. The Hall–Kier alpha value is -3.64. The maximum absolute atomic E-state index is 2.29. The zero-order valence-electron chi connectivity index (χ0n) is 17.2. The lowest BCUT2D eigenvalue weighted by atomic mass is 9.90. The molecule has 0 aliphatic heterocycles. The van der Waals surface area contributed by atoms with Gasteiger partial charge in [0.15, 0.2) is 0 Å². The molecule has 6 rings (SSSR count). The highest BCUT2D eigenvalue weighted by atomic mass is 14.4. The molecule has 4 aromatic rings. The van der Waals surface area contributed by atoms with Gasteiger partial charge in [0.25, 0.3) is 0 Å². The second-order valence-electron chi connectivity index (χ2n) is 8.22. The van der Waals surface area contributed by atoms with Crippen molar-refractivity contribution in [3.8, 4) is 0 Å². The predicted octanol–water partition coefficient (Wildman–Crippen LogP) is 7.55. The second kappa shape index (κ2) is 6.43. The van der Waals surface area contributed by atoms with Crippen LogP contribution in [0.25, 0.3) is 22.3 Å². The molecule has 142 valence electrons. The fraction of sp³-hybridized carbons (Fsp3) is 0.0667. The van der Waals surface area contributed by atoms with Gasteiger partial charge in [-0.15, -0.1) is 0 Å². The van der Waals surface area contributed by atoms with Gasteiger partial charge in [-0.3, -0.25) is 0 Å². The minimum atomic E-state index is 1.32. The number of allylic oxidation sites excluding steroid dienone is 2. The number of benzene rings is 4. The number of fused-ring (bicyclic) bond motifs is 5. The lowest BCUT2D eigenvalue weighted by molar-refractivity contribution is 1.41. The molecule has 0 heteroatoms. The summed E-state index contributed by atoms with van der Waals surface area (Å²) in [5.41, 5.74) is 16.2. The summed E-state index contributed by atoms with van der Waals surface area (Å²) >= 11 is 0. The van der Waals surface area contributed by atoms with Crippen LogP contribution >= 0.6 is 0 Å². The Morgan fingerprint density at radius 2 is 0.567 bits per heavy atom. The summed E-state index contributed by atoms with van der Waals surface area (Å²) in [6.45, 7) is 4.44. The molecular formula is C30H22. The van der Waals surface area contributed by atoms with Crippen LogP contribution in [0.4, 0.5) is 0 Å². The summed E-state index contributed by atoms with van der Waals surface area (Å²) < 4.78 is 0. The van der Waals surface area contributed by atoms with Gasteiger partial charge in [-0.25, -0.2) is 0 Å². The van der Waals surface area contributed by atoms with Crippen molar-refractivity contribution in [2.24, 2.45) is 0 Å². The van der Waals surface area contributed by atoms with Crippen molar-refractivity contribution in [3.05, 3.63) is 142 Å². The first kappa shape index (κ1) is 17.2. The van der Waals surface area contributed by atoms with Crippen LogP contribution < -0.4 is 0 Å². The third-order valence-electron chi connectivity index (χ3n) is 6.51. The van der Waals surface area contributed by atoms with Crippen molar-refractivity contribution in [1.82, 2.24) is 0 Å². The summed E-state index contributed by atoms with van der Waals surface area (Å²) in [5.74, 6) is 0. The minimum Gasteiger partial charge on any atom is -0.0620 e. The predicted molar refractivity (Wildman–Crippen MR) is 127 cm³/mol. The molecule has 0 bridgehead atoms. The van der Waals surface area contributed by atoms with Gasteiger partial charge in [-0.1, -0.05) is 97.1 Å². The van der Waals surface area contributed by atoms with Crippen LogP contribution in [0.15, 0.2) is 97.1 Å². The van der Waals surface area contributed by atoms with E-state index in [-0.39, 0.29) is 0 Å². The van der Waals surface area contributed by atoms with Gasteiger partial charge < -0.3 is 0 Å². The zero-order valence-corrected chi connectivity index (χ0v) is 17.2. The van der Waals surface area contributed by atoms with E-state index in [1.54, 1.807) is 0 Å². The molecule has 30 heavy (non-hydrogen) atoms. The Morgan fingerprint density at radius 1 is 0.300 bits per heavy atom. The van der Waals surface area contributed by atoms with Crippen LogP contribution in [-0.4, -0.2) is 0 Å². The molecule has 0 N–H and O–H groups in total. The number of hydrogen-bond acceptors (Lipinski definition) is 0. The third kappa shape index (κ3) is 2.28. The van der Waals surface area contributed by atoms with Crippen LogP contribution in [0.5, 0.6) is 0 Å². The van der Waals surface area contributed by atoms with Crippen molar-refractivity contribution in [3.63, 3.8) is 0 Å². The van der Waals surface area contributed by atoms with E-state index in [1.807, 2.05) is 0 Å². The Morgan fingerprint density at radius 3 is 0.900 bits per heavy atom. The molecule has 4 aromatic carbocycles. The fourth-order valence-corrected chi connectivity index (χ4v) is 5.16. The summed E-state index contributed by atoms with van der Waals surface area (Å²) in [7, 11) is 0. The van der Waals surface area contributed by atoms with E-state index >= 15 is 0 Å². The van der Waals surface area contributed by atoms with Crippen LogP contribution in [0, 0.1) is 13.8 Å². The molecule has 0 atom stereocenters. The van der Waals surface area contributed by atoms with E-state index in [4.69, 9.17) is 0 Å². The molecule has 0 radical (unpaired) electrons. The summed E-state index contributed by atoms with van der Waals surface area (Å²) in [4.78, 5) is 0. The van der Waals surface area contributed by atoms with Crippen molar-refractivity contribution in [2.45, 2.75) is 13.8 Å². The van der Waals surface area contributed by atoms with Crippen LogP contribution in [-0.2, 0) is 0 Å². The van der Waals surface area contributed by atoms with E-state index in [1.165, 1.54) is 66.8 Å². The Balaban J connectivity index is 1.81. The van der Waals surface area contributed by atoms with Crippen molar-refractivity contribution in [2.75, 3.05) is 0 Å². The van der Waals surface area contributed by atoms with Crippen molar-refractivity contribution < 1.29 is 0 Å². The molecule has 2 aliphatic rings. The normalized spacial score (nSPS) is 14.1. The lowest BCUT2D eigenvalue weighted by Crippen LogP contribution is -1.94. The van der Waals surface area contributed by atoms with Crippen molar-refractivity contribution in [1.29, 1.82) is 0 Å². The first-order valence-corrected chi connectivity index (χ1v) is 10.6. The van der Waals surface area contributed by atoms with E-state index in [0.29, 0.717) is 0 Å². The van der Waals surface area contributed by atoms with Gasteiger partial charge in [0.05, 0.1) is 0 Å². The minimum absolute atomic E-state index is 1.32. The number of hydrogen-bond donors (Lipinski definition) is 0. The average molecular weight is 383 g/mol. The first-order valence-electron chi connectivity index (χ1n) is 10.6. The average Bonchev–Trinajstić information content (AvgIpc) is 3.28. The van der Waals surface area contributed by atoms with Crippen LogP contribution in [0.1, 0.15) is 44.5 Å². The summed E-state index contributed by atoms with van der Waals surface area (Å²) in [6, 6.07) is 35.4. The highest BCUT2D eigenvalue weighted by molar-refractivity contribution is 6.35. The Labute approximate surface area is 177 Å². The monoisotopic (exact) mass is 382 g/mol. The number of rotatable bonds is 2. The fourth-order valence-electron chi connectivity index (χ4n) is 5.16. The molecule has 0 saturated carbocycles. The SMILES string of the molecule is Cc1ccccc1C1=C2C(=C(c3ccccc3C)c3ccccc32)c2ccccc21. The van der Waals surface area contributed by atoms with Gasteiger partial charge in [0.2, 0.25) is 0 Å². The van der Waals surface area contributed by atoms with E-state index in [2.05, 4.69) is 111 Å². The Bertz CT molecular complexity index is 1290. The standard InChI is InChI=1S/C30H22/c1-19-11-3-5-13-21(19)27-23-15-7-9-17-25(23)30-28(22-14-6-4-12-20(22)2)24-16-8-10-18-26(24)29(27)30/h3-18H,1-2H3. The third-order valence-corrected chi connectivity index (χ3v) is 6.51. The second-order valence-corrected chi connectivity index (χ2v) is 8.22. The first-order chi connectivity index (χ1) is 14.8. The zero-order chi connectivity index (χ0) is 20.2. The number of aryl methyl sites for hydroxylation is 2. The molecule has 0 heterocycles. The maximum atomic E-state index is 2.29. The molecule has 0 amide bonds. The maximum Gasteiger partial charge on any atom is -0.000753 e. The largest absolute Gasteiger partial charge is 0.0620 e. The topological polar surface area (TPSA) is 0 Å². The smallest absolute Gasteiger partial charge is 0.000753 e. The van der Waals surface area contributed by atoms with E-state index in [9.17, 15) is 0 Å². The molecule has 0 unspecified atom stereocenters. The molecule has 0 saturated heterocycles. The molecule has 0 spiro atoms. The molecule has 0 nitrogen and oxygen atoms in total. The molecule has 2 aliphatic carbocycles. The van der Waals surface area contributed by atoms with Crippen molar-refractivity contribution >= 4 is 22.3 Å². The van der Waals surface area contributed by atoms with Crippen LogP contribution in [0.3, 0.4) is 0 Å². The highest BCUT2D eigenvalue weighted by Gasteiger charge is 2.37. The van der Waals surface area contributed by atoms with Gasteiger partial charge >= 0.3 is 0 Å². The van der Waals surface area contributed by atoms with Gasteiger partial charge in [-0.2, -0.15) is 0 Å². The molecular weight excluding hydrogens is 360 g/mol. The van der Waals surface area contributed by atoms with Gasteiger partial charge in [0.1, 0.15) is 0 Å². The molecule has 0 aromatic heterocycles.